The molecule has 0 bridgehead atoms. The average molecular weight is 572 g/mol. The Morgan fingerprint density at radius 2 is 2.00 bits per heavy atom. The van der Waals surface area contributed by atoms with E-state index in [1.54, 1.807) is 29.0 Å². The van der Waals surface area contributed by atoms with E-state index in [9.17, 15) is 24.3 Å². The molecule has 6 rings (SSSR count). The zero-order valence-corrected chi connectivity index (χ0v) is 22.6. The summed E-state index contributed by atoms with van der Waals surface area (Å²) in [5.74, 6) is -2.60. The number of carboxylic acid groups (broad SMARTS) is 1. The molecule has 3 N–H and O–H groups in total. The van der Waals surface area contributed by atoms with E-state index in [-0.39, 0.29) is 59.3 Å². The first-order valence-corrected chi connectivity index (χ1v) is 14.0. The van der Waals surface area contributed by atoms with Crippen LogP contribution in [0, 0.1) is 11.8 Å². The van der Waals surface area contributed by atoms with E-state index in [0.29, 0.717) is 31.0 Å². The van der Waals surface area contributed by atoms with Crippen LogP contribution in [0.3, 0.4) is 0 Å². The van der Waals surface area contributed by atoms with E-state index >= 15 is 0 Å². The molecule has 17 heteroatoms. The smallest absolute Gasteiger partial charge is 0.353 e. The number of fused-ring (bicyclic) bond motifs is 1. The van der Waals surface area contributed by atoms with Gasteiger partial charge in [0.25, 0.3) is 0 Å². The molecule has 3 fully saturated rings. The van der Waals surface area contributed by atoms with E-state index < -0.39 is 17.9 Å². The summed E-state index contributed by atoms with van der Waals surface area (Å²) in [5, 5.41) is 35.1. The second kappa shape index (κ2) is 10.3. The molecule has 0 saturated carbocycles. The van der Waals surface area contributed by atoms with Crippen molar-refractivity contribution in [2.75, 3.05) is 19.6 Å². The zero-order valence-electron chi connectivity index (χ0n) is 21.8. The fraction of sp³-hybridized carbons (Fsp3) is 0.609. The van der Waals surface area contributed by atoms with Gasteiger partial charge in [-0.25, -0.2) is 9.48 Å². The molecule has 2 aromatic heterocycles. The van der Waals surface area contributed by atoms with Gasteiger partial charge in [-0.3, -0.25) is 14.4 Å². The predicted octanol–water partition coefficient (Wildman–Crippen LogP) is -1.91. The fourth-order valence-electron chi connectivity index (χ4n) is 6.06. The number of carbonyl (C=O) groups is 4. The minimum Gasteiger partial charge on any atom is -0.477 e. The molecule has 212 valence electrons. The summed E-state index contributed by atoms with van der Waals surface area (Å²) in [7, 11) is 0. The maximum atomic E-state index is 13.2. The summed E-state index contributed by atoms with van der Waals surface area (Å²) in [5.41, 5.74) is 0.00282. The maximum Gasteiger partial charge on any atom is 0.353 e. The number of hydrogen-bond donors (Lipinski definition) is 3. The number of carbonyl (C=O) groups excluding carboxylic acids is 3. The standard InChI is InChI=1S/C23H29N11O5S/c1-11-18-17(12(2)28-16(35)9-32-10-25-29-30-32)22(37)33(18)19(23(38)39)20(11)40-14-5-15(24-6-14)21(36)31-7-13(8-31)34-26-3-4-27-34/h3-4,10-15,17-18,24H,5-9H2,1-2H3,(H,28,35)(H,38,39)/t11-,12?,14+,15+,17-,18-/m1/s1. The summed E-state index contributed by atoms with van der Waals surface area (Å²) in [6, 6.07) is -1.15. The fourth-order valence-corrected chi connectivity index (χ4v) is 7.54. The minimum atomic E-state index is -1.16. The van der Waals surface area contributed by atoms with E-state index in [1.807, 2.05) is 6.92 Å². The van der Waals surface area contributed by atoms with Crippen LogP contribution in [-0.4, -0.2) is 117 Å². The third kappa shape index (κ3) is 4.51. The Morgan fingerprint density at radius 3 is 2.67 bits per heavy atom. The summed E-state index contributed by atoms with van der Waals surface area (Å²) in [6.07, 6.45) is 5.10. The van der Waals surface area contributed by atoms with Crippen molar-refractivity contribution in [3.8, 4) is 0 Å². The topological polar surface area (TPSA) is 193 Å². The van der Waals surface area contributed by atoms with Gasteiger partial charge in [0.1, 0.15) is 24.6 Å². The quantitative estimate of drug-likeness (QED) is 0.283. The number of nitrogens with one attached hydrogen (secondary N) is 2. The summed E-state index contributed by atoms with van der Waals surface area (Å²) >= 11 is 1.43. The van der Waals surface area contributed by atoms with E-state index in [2.05, 4.69) is 36.4 Å². The Balaban J connectivity index is 1.07. The van der Waals surface area contributed by atoms with Crippen LogP contribution in [0.4, 0.5) is 0 Å². The van der Waals surface area contributed by atoms with Gasteiger partial charge in [0.2, 0.25) is 17.7 Å². The lowest BCUT2D eigenvalue weighted by atomic mass is 9.78. The lowest BCUT2D eigenvalue weighted by Gasteiger charge is -2.47. The summed E-state index contributed by atoms with van der Waals surface area (Å²) < 4.78 is 1.28. The number of carboxylic acids is 1. The number of tetrazole rings is 1. The minimum absolute atomic E-state index is 0.00282. The van der Waals surface area contributed by atoms with Crippen LogP contribution < -0.4 is 10.6 Å². The Kier molecular flexibility index (Phi) is 6.77. The highest BCUT2D eigenvalue weighted by molar-refractivity contribution is 8.03. The molecule has 2 aromatic rings. The number of aromatic nitrogens is 7. The SMILES string of the molecule is CC(NC(=O)Cn1cnnn1)[C@H]1C(=O)N2C(C(=O)O)=C(S[C@@H]3CN[C@H](C(=O)N4CC(n5nccn5)C4)C3)[C@H](C)[C@H]12. The largest absolute Gasteiger partial charge is 0.477 e. The van der Waals surface area contributed by atoms with E-state index in [1.165, 1.54) is 27.7 Å². The first-order chi connectivity index (χ1) is 19.2. The number of β-lactam (4-membered cyclic amide) rings is 1. The normalized spacial score (nSPS) is 28.8. The Bertz CT molecular complexity index is 1340. The molecule has 6 atom stereocenters. The summed E-state index contributed by atoms with van der Waals surface area (Å²) in [4.78, 5) is 56.3. The van der Waals surface area contributed by atoms with Gasteiger partial charge in [-0.05, 0) is 23.8 Å². The molecule has 40 heavy (non-hydrogen) atoms. The molecule has 3 amide bonds. The van der Waals surface area contributed by atoms with Gasteiger partial charge in [-0.2, -0.15) is 15.0 Å². The lowest BCUT2D eigenvalue weighted by Crippen LogP contribution is -2.66. The van der Waals surface area contributed by atoms with Crippen molar-refractivity contribution in [1.29, 1.82) is 0 Å². The average Bonchev–Trinajstić information content (AvgIpc) is 3.67. The number of rotatable bonds is 9. The maximum absolute atomic E-state index is 13.2. The van der Waals surface area contributed by atoms with Crippen LogP contribution in [-0.2, 0) is 25.7 Å². The number of likely N-dealkylation sites (tertiary alicyclic amines) is 1. The number of thioether (sulfide) groups is 1. The highest BCUT2D eigenvalue weighted by Gasteiger charge is 2.60. The van der Waals surface area contributed by atoms with Gasteiger partial charge < -0.3 is 25.5 Å². The van der Waals surface area contributed by atoms with Crippen LogP contribution >= 0.6 is 11.8 Å². The lowest BCUT2D eigenvalue weighted by molar-refractivity contribution is -0.158. The molecule has 4 aliphatic rings. The van der Waals surface area contributed by atoms with Crippen LogP contribution in [0.2, 0.25) is 0 Å². The number of nitrogens with zero attached hydrogens (tertiary/aromatic N) is 9. The van der Waals surface area contributed by atoms with Crippen molar-refractivity contribution < 1.29 is 24.3 Å². The number of hydrogen-bond acceptors (Lipinski definition) is 11. The molecule has 0 aliphatic carbocycles. The van der Waals surface area contributed by atoms with Crippen LogP contribution in [0.25, 0.3) is 0 Å². The van der Waals surface area contributed by atoms with Gasteiger partial charge in [-0.15, -0.1) is 16.9 Å². The third-order valence-electron chi connectivity index (χ3n) is 8.04. The molecule has 6 heterocycles. The molecule has 4 aliphatic heterocycles. The van der Waals surface area contributed by atoms with Gasteiger partial charge in [0, 0.05) is 41.7 Å². The van der Waals surface area contributed by atoms with Crippen molar-refractivity contribution in [2.24, 2.45) is 11.8 Å². The number of amides is 3. The molecule has 0 aromatic carbocycles. The second-order valence-electron chi connectivity index (χ2n) is 10.6. The van der Waals surface area contributed by atoms with Crippen molar-refractivity contribution in [1.82, 2.24) is 55.6 Å². The van der Waals surface area contributed by atoms with Crippen molar-refractivity contribution in [2.45, 2.75) is 56.2 Å². The summed E-state index contributed by atoms with van der Waals surface area (Å²) in [6.45, 7) is 5.23. The first kappa shape index (κ1) is 26.4. The van der Waals surface area contributed by atoms with Gasteiger partial charge >= 0.3 is 5.97 Å². The molecular weight excluding hydrogens is 542 g/mol. The zero-order chi connectivity index (χ0) is 28.1. The van der Waals surface area contributed by atoms with Crippen molar-refractivity contribution in [3.05, 3.63) is 29.3 Å². The van der Waals surface area contributed by atoms with Crippen molar-refractivity contribution >= 4 is 35.5 Å². The Hall–Kier alpha value is -3.86. The van der Waals surface area contributed by atoms with E-state index in [0.717, 1.165) is 0 Å². The second-order valence-corrected chi connectivity index (χ2v) is 11.9. The molecule has 0 radical (unpaired) electrons. The van der Waals surface area contributed by atoms with Crippen LogP contribution in [0.1, 0.15) is 26.3 Å². The molecular formula is C23H29N11O5S. The highest BCUT2D eigenvalue weighted by atomic mass is 32.2. The van der Waals surface area contributed by atoms with Gasteiger partial charge in [-0.1, -0.05) is 6.92 Å². The van der Waals surface area contributed by atoms with Gasteiger partial charge in [0.05, 0.1) is 30.4 Å². The van der Waals surface area contributed by atoms with Gasteiger partial charge in [0.15, 0.2) is 0 Å². The first-order valence-electron chi connectivity index (χ1n) is 13.1. The molecule has 1 unspecified atom stereocenters. The van der Waals surface area contributed by atoms with Crippen LogP contribution in [0.5, 0.6) is 0 Å². The predicted molar refractivity (Wildman–Crippen MR) is 137 cm³/mol. The Labute approximate surface area is 232 Å². The van der Waals surface area contributed by atoms with Crippen LogP contribution in [0.15, 0.2) is 29.3 Å². The third-order valence-corrected chi connectivity index (χ3v) is 9.55. The monoisotopic (exact) mass is 571 g/mol. The molecule has 0 spiro atoms. The highest BCUT2D eigenvalue weighted by Crippen LogP contribution is 2.51. The van der Waals surface area contributed by atoms with Crippen molar-refractivity contribution in [3.63, 3.8) is 0 Å². The molecule has 3 saturated heterocycles. The molecule has 16 nitrogen and oxygen atoms in total. The number of aliphatic carboxylic acids is 1. The van der Waals surface area contributed by atoms with E-state index in [4.69, 9.17) is 0 Å². The Morgan fingerprint density at radius 1 is 1.25 bits per heavy atom.